The van der Waals surface area contributed by atoms with Gasteiger partial charge in [0.2, 0.25) is 5.91 Å². The lowest BCUT2D eigenvalue weighted by molar-refractivity contribution is -0.121. The molecular weight excluding hydrogens is 348 g/mol. The van der Waals surface area contributed by atoms with Gasteiger partial charge in [-0.15, -0.1) is 0 Å². The Labute approximate surface area is 129 Å². The molecule has 0 aliphatic heterocycles. The summed E-state index contributed by atoms with van der Waals surface area (Å²) in [5.41, 5.74) is -0.967. The normalized spacial score (nSPS) is 13.6. The minimum atomic E-state index is -0.967. The second-order valence-corrected chi connectivity index (χ2v) is 6.14. The van der Waals surface area contributed by atoms with Crippen LogP contribution in [0.1, 0.15) is 17.5 Å². The van der Waals surface area contributed by atoms with E-state index < -0.39 is 11.5 Å². The lowest BCUT2D eigenvalue weighted by Crippen LogP contribution is -2.45. The summed E-state index contributed by atoms with van der Waals surface area (Å²) in [7, 11) is 0. The van der Waals surface area contributed by atoms with Crippen molar-refractivity contribution in [3.63, 3.8) is 0 Å². The van der Waals surface area contributed by atoms with Crippen molar-refractivity contribution >= 4 is 39.5 Å². The monoisotopic (exact) mass is 364 g/mol. The molecule has 1 aromatic rings. The summed E-state index contributed by atoms with van der Waals surface area (Å²) in [6.45, 7) is 1.60. The number of halogens is 1. The van der Waals surface area contributed by atoms with Crippen LogP contribution < -0.4 is 10.6 Å². The molecule has 2 amide bonds. The molecule has 0 aromatic carbocycles. The average molecular weight is 365 g/mol. The first-order valence-corrected chi connectivity index (χ1v) is 8.04. The van der Waals surface area contributed by atoms with E-state index in [0.717, 1.165) is 0 Å². The molecule has 8 heteroatoms. The molecule has 0 fully saturated rings. The number of amides is 2. The van der Waals surface area contributed by atoms with E-state index in [-0.39, 0.29) is 24.8 Å². The van der Waals surface area contributed by atoms with Gasteiger partial charge in [0.05, 0.1) is 12.1 Å². The summed E-state index contributed by atoms with van der Waals surface area (Å²) in [4.78, 5) is 23.2. The van der Waals surface area contributed by atoms with Crippen LogP contribution in [0.4, 0.5) is 0 Å². The molecule has 0 spiro atoms. The molecule has 0 bridgehead atoms. The Morgan fingerprint density at radius 3 is 2.70 bits per heavy atom. The van der Waals surface area contributed by atoms with E-state index in [2.05, 4.69) is 26.6 Å². The van der Waals surface area contributed by atoms with Gasteiger partial charge in [0.1, 0.15) is 0 Å². The molecule has 6 nitrogen and oxygen atoms in total. The zero-order valence-electron chi connectivity index (χ0n) is 11.2. The van der Waals surface area contributed by atoms with Crippen molar-refractivity contribution in [3.05, 3.63) is 22.6 Å². The van der Waals surface area contributed by atoms with Gasteiger partial charge in [0.25, 0.3) is 5.91 Å². The van der Waals surface area contributed by atoms with E-state index in [1.54, 1.807) is 13.0 Å². The van der Waals surface area contributed by atoms with Gasteiger partial charge >= 0.3 is 0 Å². The van der Waals surface area contributed by atoms with Crippen LogP contribution in [0.2, 0.25) is 0 Å². The topological polar surface area (TPSA) is 91.6 Å². The maximum atomic E-state index is 11.6. The molecule has 20 heavy (non-hydrogen) atoms. The predicted molar refractivity (Wildman–Crippen MR) is 80.8 cm³/mol. The quantitative estimate of drug-likeness (QED) is 0.671. The summed E-state index contributed by atoms with van der Waals surface area (Å²) in [5.74, 6) is -0.203. The number of furan rings is 1. The van der Waals surface area contributed by atoms with Crippen molar-refractivity contribution in [3.8, 4) is 0 Å². The number of carbonyl (C=O) groups is 2. The highest BCUT2D eigenvalue weighted by Gasteiger charge is 2.20. The number of rotatable bonds is 7. The molecule has 1 unspecified atom stereocenters. The third-order valence-electron chi connectivity index (χ3n) is 2.33. The maximum absolute atomic E-state index is 11.6. The molecule has 1 rings (SSSR count). The van der Waals surface area contributed by atoms with Crippen molar-refractivity contribution in [2.24, 2.45) is 0 Å². The van der Waals surface area contributed by atoms with E-state index in [1.807, 2.05) is 6.26 Å². The second-order valence-electron chi connectivity index (χ2n) is 4.49. The van der Waals surface area contributed by atoms with E-state index in [0.29, 0.717) is 10.4 Å². The highest BCUT2D eigenvalue weighted by molar-refractivity contribution is 9.10. The van der Waals surface area contributed by atoms with Gasteiger partial charge in [0, 0.05) is 12.3 Å². The molecule has 0 aliphatic rings. The number of thioether (sulfide) groups is 1. The van der Waals surface area contributed by atoms with Crippen LogP contribution in [0.5, 0.6) is 0 Å². The molecule has 0 saturated carbocycles. The van der Waals surface area contributed by atoms with Gasteiger partial charge in [-0.05, 0) is 41.2 Å². The molecule has 1 atom stereocenters. The number of hydrogen-bond donors (Lipinski definition) is 3. The van der Waals surface area contributed by atoms with Crippen LogP contribution in [0.15, 0.2) is 21.2 Å². The first-order chi connectivity index (χ1) is 9.34. The molecule has 0 aliphatic carbocycles. The zero-order valence-corrected chi connectivity index (χ0v) is 13.6. The van der Waals surface area contributed by atoms with E-state index in [9.17, 15) is 14.7 Å². The molecule has 3 N–H and O–H groups in total. The van der Waals surface area contributed by atoms with Gasteiger partial charge in [-0.1, -0.05) is 0 Å². The lowest BCUT2D eigenvalue weighted by Gasteiger charge is -2.22. The smallest absolute Gasteiger partial charge is 0.287 e. The van der Waals surface area contributed by atoms with Crippen LogP contribution in [0.3, 0.4) is 0 Å². The first-order valence-electron chi connectivity index (χ1n) is 5.85. The summed E-state index contributed by atoms with van der Waals surface area (Å²) >= 11 is 4.58. The summed E-state index contributed by atoms with van der Waals surface area (Å²) in [6, 6.07) is 3.09. The van der Waals surface area contributed by atoms with Crippen LogP contribution in [-0.2, 0) is 4.79 Å². The van der Waals surface area contributed by atoms with Crippen molar-refractivity contribution in [1.29, 1.82) is 0 Å². The molecule has 0 saturated heterocycles. The summed E-state index contributed by atoms with van der Waals surface area (Å²) in [6.07, 6.45) is 1.87. The largest absolute Gasteiger partial charge is 0.444 e. The van der Waals surface area contributed by atoms with Gasteiger partial charge in [-0.3, -0.25) is 9.59 Å². The van der Waals surface area contributed by atoms with Crippen LogP contribution in [-0.4, -0.2) is 47.6 Å². The summed E-state index contributed by atoms with van der Waals surface area (Å²) in [5, 5.41) is 14.9. The van der Waals surface area contributed by atoms with Gasteiger partial charge in [-0.2, -0.15) is 11.8 Å². The maximum Gasteiger partial charge on any atom is 0.287 e. The van der Waals surface area contributed by atoms with Gasteiger partial charge in [0.15, 0.2) is 10.4 Å². The highest BCUT2D eigenvalue weighted by atomic mass is 79.9. The van der Waals surface area contributed by atoms with Crippen LogP contribution in [0, 0.1) is 0 Å². The Hall–Kier alpha value is -0.990. The van der Waals surface area contributed by atoms with Crippen molar-refractivity contribution in [1.82, 2.24) is 10.6 Å². The Kier molecular flexibility index (Phi) is 6.57. The van der Waals surface area contributed by atoms with Crippen LogP contribution >= 0.6 is 27.7 Å². The van der Waals surface area contributed by atoms with Crippen molar-refractivity contribution < 1.29 is 19.1 Å². The molecule has 1 aromatic heterocycles. The molecule has 0 radical (unpaired) electrons. The highest BCUT2D eigenvalue weighted by Crippen LogP contribution is 2.13. The Morgan fingerprint density at radius 2 is 2.15 bits per heavy atom. The Morgan fingerprint density at radius 1 is 1.45 bits per heavy atom. The third-order valence-corrected chi connectivity index (χ3v) is 3.66. The summed E-state index contributed by atoms with van der Waals surface area (Å²) < 4.78 is 5.50. The molecule has 1 heterocycles. The molecular formula is C12H17BrN2O4S. The second kappa shape index (κ2) is 7.70. The van der Waals surface area contributed by atoms with Crippen molar-refractivity contribution in [2.75, 3.05) is 25.1 Å². The fraction of sp³-hybridized carbons (Fsp3) is 0.500. The third kappa shape index (κ3) is 5.98. The predicted octanol–water partition coefficient (Wildman–Crippen LogP) is 1.00. The number of nitrogens with one attached hydrogen (secondary N) is 2. The number of hydrogen-bond acceptors (Lipinski definition) is 5. The van der Waals surface area contributed by atoms with Gasteiger partial charge in [-0.25, -0.2) is 0 Å². The fourth-order valence-corrected chi connectivity index (χ4v) is 2.43. The fourth-order valence-electron chi connectivity index (χ4n) is 1.40. The van der Waals surface area contributed by atoms with Gasteiger partial charge < -0.3 is 20.2 Å². The average Bonchev–Trinajstić information content (AvgIpc) is 2.80. The zero-order chi connectivity index (χ0) is 15.2. The van der Waals surface area contributed by atoms with E-state index in [4.69, 9.17) is 4.42 Å². The van der Waals surface area contributed by atoms with E-state index >= 15 is 0 Å². The first kappa shape index (κ1) is 17.1. The standard InChI is InChI=1S/C12H17BrN2O4S/c1-12(18,7-20-2)6-15-10(16)5-14-11(17)8-3-4-9(13)19-8/h3-4,18H,5-7H2,1-2H3,(H,14,17)(H,15,16). The lowest BCUT2D eigenvalue weighted by atomic mass is 10.1. The van der Waals surface area contributed by atoms with E-state index in [1.165, 1.54) is 17.8 Å². The Balaban J connectivity index is 2.31. The number of carbonyl (C=O) groups excluding carboxylic acids is 2. The Bertz CT molecular complexity index is 476. The van der Waals surface area contributed by atoms with Crippen molar-refractivity contribution in [2.45, 2.75) is 12.5 Å². The minimum Gasteiger partial charge on any atom is -0.444 e. The number of aliphatic hydroxyl groups is 1. The van der Waals surface area contributed by atoms with Crippen LogP contribution in [0.25, 0.3) is 0 Å². The SMILES string of the molecule is CSCC(C)(O)CNC(=O)CNC(=O)c1ccc(Br)o1. The minimum absolute atomic E-state index is 0.124. The molecule has 112 valence electrons.